The van der Waals surface area contributed by atoms with Crippen LogP contribution in [0.15, 0.2) is 9.98 Å². The van der Waals surface area contributed by atoms with Crippen LogP contribution in [-0.2, 0) is 0 Å². The minimum Gasteiger partial charge on any atom is -0.357 e. The molecule has 4 aliphatic heterocycles. The first-order valence-corrected chi connectivity index (χ1v) is 8.57. The number of nitrogens with zero attached hydrogens (tertiary/aromatic N) is 4. The zero-order chi connectivity index (χ0) is 12.8. The normalized spacial score (nSPS) is 50.8. The largest absolute Gasteiger partial charge is 0.357 e. The highest BCUT2D eigenvalue weighted by atomic mass is 15.3. The van der Waals surface area contributed by atoms with Crippen LogP contribution in [0.3, 0.4) is 0 Å². The van der Waals surface area contributed by atoms with E-state index in [-0.39, 0.29) is 0 Å². The Balaban J connectivity index is 1.48. The molecule has 0 N–H and O–H groups in total. The van der Waals surface area contributed by atoms with Gasteiger partial charge < -0.3 is 9.80 Å². The average Bonchev–Trinajstić information content (AvgIpc) is 3.18. The molecule has 2 saturated carbocycles. The molecule has 0 aromatic rings. The van der Waals surface area contributed by atoms with Crippen molar-refractivity contribution in [3.63, 3.8) is 0 Å². The van der Waals surface area contributed by atoms with Gasteiger partial charge in [-0.05, 0) is 25.7 Å². The van der Waals surface area contributed by atoms with Gasteiger partial charge in [0, 0.05) is 49.9 Å². The van der Waals surface area contributed by atoms with E-state index in [0.717, 1.165) is 23.9 Å². The Hall–Kier alpha value is -1.06. The highest BCUT2D eigenvalue weighted by Gasteiger charge is 2.62. The van der Waals surface area contributed by atoms with Crippen molar-refractivity contribution in [1.29, 1.82) is 0 Å². The van der Waals surface area contributed by atoms with Gasteiger partial charge in [0.15, 0.2) is 0 Å². The number of fused-ring (bicyclic) bond motifs is 4. The molecule has 6 atom stereocenters. The van der Waals surface area contributed by atoms with E-state index < -0.39 is 0 Å². The van der Waals surface area contributed by atoms with Crippen molar-refractivity contribution >= 4 is 11.7 Å². The summed E-state index contributed by atoms with van der Waals surface area (Å²) in [4.78, 5) is 15.7. The van der Waals surface area contributed by atoms with Crippen LogP contribution in [0.4, 0.5) is 0 Å². The number of hydrogen-bond acceptors (Lipinski definition) is 4. The lowest BCUT2D eigenvalue weighted by atomic mass is 9.89. The number of amidine groups is 2. The van der Waals surface area contributed by atoms with Gasteiger partial charge in [-0.2, -0.15) is 0 Å². The van der Waals surface area contributed by atoms with Gasteiger partial charge >= 0.3 is 0 Å². The fourth-order valence-corrected chi connectivity index (χ4v) is 6.34. The Labute approximate surface area is 119 Å². The molecule has 0 spiro atoms. The molecule has 20 heavy (non-hydrogen) atoms. The molecule has 6 aliphatic rings. The average molecular weight is 270 g/mol. The molecule has 0 bridgehead atoms. The van der Waals surface area contributed by atoms with E-state index in [1.54, 1.807) is 0 Å². The molecular formula is C16H22N4. The van der Waals surface area contributed by atoms with Gasteiger partial charge in [-0.15, -0.1) is 0 Å². The molecule has 0 amide bonds. The smallest absolute Gasteiger partial charge is 0.0995 e. The summed E-state index contributed by atoms with van der Waals surface area (Å²) in [7, 11) is 0. The molecular weight excluding hydrogens is 248 g/mol. The zero-order valence-corrected chi connectivity index (χ0v) is 11.9. The fourth-order valence-electron chi connectivity index (χ4n) is 6.34. The summed E-state index contributed by atoms with van der Waals surface area (Å²) in [6.45, 7) is 2.54. The second-order valence-corrected chi connectivity index (χ2v) is 7.58. The summed E-state index contributed by atoms with van der Waals surface area (Å²) in [5.74, 6) is 4.53. The molecule has 0 aromatic carbocycles. The maximum absolute atomic E-state index is 5.16. The fraction of sp³-hybridized carbons (Fsp3) is 0.875. The Kier molecular flexibility index (Phi) is 1.81. The van der Waals surface area contributed by atoms with Gasteiger partial charge in [-0.3, -0.25) is 9.98 Å². The monoisotopic (exact) mass is 270 g/mol. The third kappa shape index (κ3) is 1.09. The Bertz CT molecular complexity index is 493. The predicted octanol–water partition coefficient (Wildman–Crippen LogP) is 1.52. The van der Waals surface area contributed by atoms with Gasteiger partial charge in [0.25, 0.3) is 0 Å². The van der Waals surface area contributed by atoms with Crippen molar-refractivity contribution < 1.29 is 0 Å². The van der Waals surface area contributed by atoms with Crippen LogP contribution in [0.5, 0.6) is 0 Å². The minimum atomic E-state index is 0.605. The summed E-state index contributed by atoms with van der Waals surface area (Å²) in [6.07, 6.45) is 7.77. The first-order valence-electron chi connectivity index (χ1n) is 8.57. The van der Waals surface area contributed by atoms with Gasteiger partial charge in [-0.1, -0.05) is 0 Å². The van der Waals surface area contributed by atoms with Crippen LogP contribution in [0.1, 0.15) is 38.5 Å². The van der Waals surface area contributed by atoms with Gasteiger partial charge in [0.1, 0.15) is 0 Å². The summed E-state index contributed by atoms with van der Waals surface area (Å²) in [6, 6.07) is 2.80. The van der Waals surface area contributed by atoms with Crippen LogP contribution in [0.2, 0.25) is 0 Å². The van der Waals surface area contributed by atoms with Crippen molar-refractivity contribution in [1.82, 2.24) is 9.80 Å². The molecule has 4 heterocycles. The summed E-state index contributed by atoms with van der Waals surface area (Å²) in [5, 5.41) is 0. The van der Waals surface area contributed by atoms with E-state index in [0.29, 0.717) is 12.1 Å². The van der Waals surface area contributed by atoms with Crippen LogP contribution in [-0.4, -0.2) is 58.7 Å². The SMILES string of the molecule is C1CC2=N[C@H]3C[C@H]4N=C5CCCN5[C@H]5C[C@H]([C@@H]3[C@@H]45)N2C1. The molecule has 2 saturated heterocycles. The molecule has 0 radical (unpaired) electrons. The third-order valence-corrected chi connectivity index (χ3v) is 6.88. The maximum atomic E-state index is 5.16. The van der Waals surface area contributed by atoms with Crippen LogP contribution >= 0.6 is 0 Å². The van der Waals surface area contributed by atoms with E-state index in [4.69, 9.17) is 9.98 Å². The van der Waals surface area contributed by atoms with E-state index in [1.807, 2.05) is 0 Å². The first kappa shape index (κ1) is 10.6. The third-order valence-electron chi connectivity index (χ3n) is 6.88. The summed E-state index contributed by atoms with van der Waals surface area (Å²) < 4.78 is 0. The second-order valence-electron chi connectivity index (χ2n) is 7.58. The summed E-state index contributed by atoms with van der Waals surface area (Å²) >= 11 is 0. The molecule has 2 aliphatic carbocycles. The van der Waals surface area contributed by atoms with Crippen molar-refractivity contribution in [3.8, 4) is 0 Å². The highest BCUT2D eigenvalue weighted by molar-refractivity contribution is 5.87. The second kappa shape index (κ2) is 3.40. The van der Waals surface area contributed by atoms with E-state index >= 15 is 0 Å². The van der Waals surface area contributed by atoms with Crippen LogP contribution in [0.25, 0.3) is 0 Å². The maximum Gasteiger partial charge on any atom is 0.0995 e. The lowest BCUT2D eigenvalue weighted by Crippen LogP contribution is -2.46. The molecule has 0 aromatic heterocycles. The predicted molar refractivity (Wildman–Crippen MR) is 78.1 cm³/mol. The van der Waals surface area contributed by atoms with Crippen molar-refractivity contribution in [2.75, 3.05) is 13.1 Å². The molecule has 106 valence electrons. The molecule has 4 nitrogen and oxygen atoms in total. The van der Waals surface area contributed by atoms with Crippen LogP contribution < -0.4 is 0 Å². The minimum absolute atomic E-state index is 0.605. The lowest BCUT2D eigenvalue weighted by molar-refractivity contribution is 0.208. The quantitative estimate of drug-likeness (QED) is 0.668. The van der Waals surface area contributed by atoms with Gasteiger partial charge in [0.2, 0.25) is 0 Å². The number of rotatable bonds is 0. The van der Waals surface area contributed by atoms with E-state index in [9.17, 15) is 0 Å². The first-order chi connectivity index (χ1) is 9.90. The Morgan fingerprint density at radius 2 is 1.30 bits per heavy atom. The van der Waals surface area contributed by atoms with Crippen molar-refractivity contribution in [2.45, 2.75) is 62.7 Å². The molecule has 4 fully saturated rings. The standard InChI is InChI=1S/C16H22N4/c1-3-13-17-9-7-10-16-12(20-6-2-4-14(20)18-10)8-11(15(9)16)19(13)5-1/h9-12,15-16H,1-8H2/t9-,10+,11+,12-,15+,16-. The van der Waals surface area contributed by atoms with E-state index in [2.05, 4.69) is 9.80 Å². The molecule has 6 rings (SSSR count). The zero-order valence-electron chi connectivity index (χ0n) is 11.9. The summed E-state index contributed by atoms with van der Waals surface area (Å²) in [5.41, 5.74) is 0. The van der Waals surface area contributed by atoms with Crippen LogP contribution in [0, 0.1) is 11.8 Å². The van der Waals surface area contributed by atoms with Gasteiger partial charge in [0.05, 0.1) is 23.8 Å². The highest BCUT2D eigenvalue weighted by Crippen LogP contribution is 2.55. The van der Waals surface area contributed by atoms with Crippen molar-refractivity contribution in [2.24, 2.45) is 21.8 Å². The van der Waals surface area contributed by atoms with Crippen molar-refractivity contribution in [3.05, 3.63) is 0 Å². The Morgan fingerprint density at radius 3 is 1.85 bits per heavy atom. The lowest BCUT2D eigenvalue weighted by Gasteiger charge is -2.37. The van der Waals surface area contributed by atoms with Gasteiger partial charge in [-0.25, -0.2) is 0 Å². The van der Waals surface area contributed by atoms with E-state index in [1.165, 1.54) is 63.3 Å². The number of aliphatic imine (C=N–C) groups is 2. The molecule has 4 heteroatoms. The number of hydrogen-bond donors (Lipinski definition) is 0. The topological polar surface area (TPSA) is 31.2 Å². The Morgan fingerprint density at radius 1 is 0.750 bits per heavy atom. The molecule has 0 unspecified atom stereocenters.